The van der Waals surface area contributed by atoms with E-state index in [1.54, 1.807) is 26.2 Å². The van der Waals surface area contributed by atoms with Crippen molar-refractivity contribution >= 4 is 23.4 Å². The second kappa shape index (κ2) is 8.13. The summed E-state index contributed by atoms with van der Waals surface area (Å²) in [7, 11) is 1.56. The molecule has 1 atom stereocenters. The average Bonchev–Trinajstić information content (AvgIpc) is 3.03. The molecule has 3 rings (SSSR count). The molecule has 7 nitrogen and oxygen atoms in total. The van der Waals surface area contributed by atoms with Crippen molar-refractivity contribution in [1.29, 1.82) is 0 Å². The monoisotopic (exact) mass is 383 g/mol. The number of hydrogen-bond acceptors (Lipinski definition) is 6. The number of carbonyl (C=O) groups is 1. The summed E-state index contributed by atoms with van der Waals surface area (Å²) in [4.78, 5) is 12.5. The second-order valence-corrected chi connectivity index (χ2v) is 7.30. The van der Waals surface area contributed by atoms with Gasteiger partial charge in [-0.3, -0.25) is 4.79 Å². The number of anilines is 1. The third-order valence-electron chi connectivity index (χ3n) is 3.99. The molecule has 0 aliphatic heterocycles. The molecule has 27 heavy (non-hydrogen) atoms. The summed E-state index contributed by atoms with van der Waals surface area (Å²) in [6.45, 7) is 3.80. The van der Waals surface area contributed by atoms with Crippen molar-refractivity contribution in [3.63, 3.8) is 0 Å². The molecule has 3 aromatic rings. The third kappa shape index (κ3) is 4.22. The van der Waals surface area contributed by atoms with E-state index < -0.39 is 5.25 Å². The van der Waals surface area contributed by atoms with Crippen molar-refractivity contribution in [2.24, 2.45) is 0 Å². The van der Waals surface area contributed by atoms with Gasteiger partial charge in [0.15, 0.2) is 5.82 Å². The summed E-state index contributed by atoms with van der Waals surface area (Å²) < 4.78 is 6.66. The normalized spacial score (nSPS) is 11.8. The molecule has 0 bridgehead atoms. The number of amides is 1. The van der Waals surface area contributed by atoms with Gasteiger partial charge in [0.25, 0.3) is 0 Å². The number of para-hydroxylation sites is 2. The Morgan fingerprint density at radius 1 is 1.19 bits per heavy atom. The maximum atomic E-state index is 12.5. The molecule has 3 N–H and O–H groups in total. The number of rotatable bonds is 6. The van der Waals surface area contributed by atoms with Crippen LogP contribution in [0.5, 0.6) is 5.75 Å². The number of nitrogens with one attached hydrogen (secondary N) is 1. The Balaban J connectivity index is 1.71. The lowest BCUT2D eigenvalue weighted by molar-refractivity contribution is -0.115. The number of aromatic nitrogens is 3. The van der Waals surface area contributed by atoms with Crippen molar-refractivity contribution in [1.82, 2.24) is 14.9 Å². The molecular formula is C19H21N5O2S. The van der Waals surface area contributed by atoms with Crippen LogP contribution in [0.1, 0.15) is 12.5 Å². The minimum Gasteiger partial charge on any atom is -0.495 e. The molecule has 1 heterocycles. The number of nitrogens with zero attached hydrogens (tertiary/aromatic N) is 3. The van der Waals surface area contributed by atoms with E-state index in [0.29, 0.717) is 22.4 Å². The van der Waals surface area contributed by atoms with Gasteiger partial charge in [-0.1, -0.05) is 53.7 Å². The van der Waals surface area contributed by atoms with Gasteiger partial charge in [-0.05, 0) is 26.0 Å². The fraction of sp³-hybridized carbons (Fsp3) is 0.211. The van der Waals surface area contributed by atoms with Gasteiger partial charge in [-0.25, -0.2) is 4.68 Å². The molecule has 140 valence electrons. The summed E-state index contributed by atoms with van der Waals surface area (Å²) >= 11 is 1.24. The Morgan fingerprint density at radius 3 is 2.59 bits per heavy atom. The lowest BCUT2D eigenvalue weighted by Gasteiger charge is -2.13. The number of hydrogen-bond donors (Lipinski definition) is 2. The molecule has 1 unspecified atom stereocenters. The van der Waals surface area contributed by atoms with Gasteiger partial charge in [-0.2, -0.15) is 0 Å². The highest BCUT2D eigenvalue weighted by Crippen LogP contribution is 2.27. The van der Waals surface area contributed by atoms with Crippen LogP contribution < -0.4 is 15.9 Å². The standard InChI is InChI=1S/C19H21N5O2S/c1-12-8-10-14(11-9-12)17-22-23-19(24(17)20)27-13(2)18(25)21-15-6-4-5-7-16(15)26-3/h4-11,13H,20H2,1-3H3,(H,21,25). The van der Waals surface area contributed by atoms with Crippen LogP contribution in [0, 0.1) is 6.92 Å². The van der Waals surface area contributed by atoms with Crippen LogP contribution in [0.4, 0.5) is 5.69 Å². The Bertz CT molecular complexity index is 940. The molecule has 2 aromatic carbocycles. The fourth-order valence-corrected chi connectivity index (χ4v) is 3.22. The predicted octanol–water partition coefficient (Wildman–Crippen LogP) is 3.10. The highest BCUT2D eigenvalue weighted by atomic mass is 32.2. The summed E-state index contributed by atoms with van der Waals surface area (Å²) in [6.07, 6.45) is 0. The summed E-state index contributed by atoms with van der Waals surface area (Å²) in [5.74, 6) is 7.12. The van der Waals surface area contributed by atoms with Gasteiger partial charge < -0.3 is 15.9 Å². The quantitative estimate of drug-likeness (QED) is 0.502. The zero-order chi connectivity index (χ0) is 19.4. The zero-order valence-electron chi connectivity index (χ0n) is 15.3. The Kier molecular flexibility index (Phi) is 5.66. The van der Waals surface area contributed by atoms with Gasteiger partial charge >= 0.3 is 0 Å². The molecule has 0 radical (unpaired) electrons. The molecule has 0 aliphatic carbocycles. The number of benzene rings is 2. The molecule has 1 aromatic heterocycles. The number of ether oxygens (including phenoxy) is 1. The molecule has 8 heteroatoms. The Morgan fingerprint density at radius 2 is 1.89 bits per heavy atom. The van der Waals surface area contributed by atoms with Crippen LogP contribution in [0.2, 0.25) is 0 Å². The molecule has 0 spiro atoms. The first kappa shape index (κ1) is 18.8. The van der Waals surface area contributed by atoms with Crippen molar-refractivity contribution in [2.75, 3.05) is 18.3 Å². The van der Waals surface area contributed by atoms with E-state index in [-0.39, 0.29) is 5.91 Å². The lowest BCUT2D eigenvalue weighted by Crippen LogP contribution is -2.24. The van der Waals surface area contributed by atoms with E-state index in [4.69, 9.17) is 10.6 Å². The molecule has 0 saturated heterocycles. The van der Waals surface area contributed by atoms with Gasteiger partial charge in [0.05, 0.1) is 18.0 Å². The maximum Gasteiger partial charge on any atom is 0.237 e. The van der Waals surface area contributed by atoms with E-state index in [1.165, 1.54) is 16.4 Å². The third-order valence-corrected chi connectivity index (χ3v) is 5.05. The fourth-order valence-electron chi connectivity index (χ4n) is 2.45. The number of nitrogens with two attached hydrogens (primary N) is 1. The van der Waals surface area contributed by atoms with Crippen molar-refractivity contribution < 1.29 is 9.53 Å². The molecule has 1 amide bonds. The molecule has 0 saturated carbocycles. The summed E-state index contributed by atoms with van der Waals surface area (Å²) in [6, 6.07) is 15.1. The second-order valence-electron chi connectivity index (χ2n) is 5.99. The highest BCUT2D eigenvalue weighted by Gasteiger charge is 2.20. The summed E-state index contributed by atoms with van der Waals surface area (Å²) in [5.41, 5.74) is 2.64. The van der Waals surface area contributed by atoms with Crippen LogP contribution in [0.25, 0.3) is 11.4 Å². The number of nitrogen functional groups attached to an aromatic ring is 1. The number of aryl methyl sites for hydroxylation is 1. The van der Waals surface area contributed by atoms with E-state index in [2.05, 4.69) is 15.5 Å². The van der Waals surface area contributed by atoms with Gasteiger partial charge in [0, 0.05) is 5.56 Å². The first-order valence-electron chi connectivity index (χ1n) is 8.37. The topological polar surface area (TPSA) is 95.1 Å². The highest BCUT2D eigenvalue weighted by molar-refractivity contribution is 8.00. The van der Waals surface area contributed by atoms with Crippen LogP contribution in [-0.4, -0.2) is 33.1 Å². The molecule has 0 fully saturated rings. The SMILES string of the molecule is COc1ccccc1NC(=O)C(C)Sc1nnc(-c2ccc(C)cc2)n1N. The lowest BCUT2D eigenvalue weighted by atomic mass is 10.1. The number of thioether (sulfide) groups is 1. The Hall–Kier alpha value is -3.00. The van der Waals surface area contributed by atoms with E-state index in [9.17, 15) is 4.79 Å². The predicted molar refractivity (Wildman–Crippen MR) is 107 cm³/mol. The van der Waals surface area contributed by atoms with Crippen molar-refractivity contribution in [3.05, 3.63) is 54.1 Å². The minimum absolute atomic E-state index is 0.176. The van der Waals surface area contributed by atoms with Crippen molar-refractivity contribution in [2.45, 2.75) is 24.3 Å². The smallest absolute Gasteiger partial charge is 0.237 e. The van der Waals surface area contributed by atoms with Crippen LogP contribution in [0.3, 0.4) is 0 Å². The number of carbonyl (C=O) groups excluding carboxylic acids is 1. The first-order chi connectivity index (χ1) is 13.0. The van der Waals surface area contributed by atoms with Gasteiger partial charge in [0.2, 0.25) is 11.1 Å². The van der Waals surface area contributed by atoms with E-state index >= 15 is 0 Å². The van der Waals surface area contributed by atoms with E-state index in [1.807, 2.05) is 43.3 Å². The van der Waals surface area contributed by atoms with E-state index in [0.717, 1.165) is 11.1 Å². The van der Waals surface area contributed by atoms with Crippen LogP contribution in [0.15, 0.2) is 53.7 Å². The minimum atomic E-state index is -0.424. The maximum absolute atomic E-state index is 12.5. The van der Waals surface area contributed by atoms with Crippen LogP contribution >= 0.6 is 11.8 Å². The van der Waals surface area contributed by atoms with Crippen molar-refractivity contribution in [3.8, 4) is 17.1 Å². The van der Waals surface area contributed by atoms with Gasteiger partial charge in [-0.15, -0.1) is 10.2 Å². The largest absolute Gasteiger partial charge is 0.495 e. The number of methoxy groups -OCH3 is 1. The average molecular weight is 383 g/mol. The van der Waals surface area contributed by atoms with Crippen LogP contribution in [-0.2, 0) is 4.79 Å². The first-order valence-corrected chi connectivity index (χ1v) is 9.25. The van der Waals surface area contributed by atoms with Gasteiger partial charge in [0.1, 0.15) is 5.75 Å². The summed E-state index contributed by atoms with van der Waals surface area (Å²) in [5, 5.41) is 11.2. The Labute approximate surface area is 161 Å². The molecule has 0 aliphatic rings. The zero-order valence-corrected chi connectivity index (χ0v) is 16.2. The molecular weight excluding hydrogens is 362 g/mol.